The van der Waals surface area contributed by atoms with Gasteiger partial charge >= 0.3 is 0 Å². The molecule has 0 bridgehead atoms. The molecule has 4 rings (SSSR count). The van der Waals surface area contributed by atoms with Gasteiger partial charge in [-0.2, -0.15) is 5.10 Å². The Bertz CT molecular complexity index is 984. The predicted octanol–water partition coefficient (Wildman–Crippen LogP) is 4.00. The number of halogens is 1. The molecule has 0 atom stereocenters. The highest BCUT2D eigenvalue weighted by Crippen LogP contribution is 2.27. The molecule has 116 valence electrons. The van der Waals surface area contributed by atoms with Gasteiger partial charge in [-0.25, -0.2) is 14.6 Å². The van der Waals surface area contributed by atoms with Gasteiger partial charge in [0.2, 0.25) is 0 Å². The summed E-state index contributed by atoms with van der Waals surface area (Å²) in [7, 11) is 0. The summed E-state index contributed by atoms with van der Waals surface area (Å²) in [6.45, 7) is 4.71. The standard InChI is InChI=1S/C16H14ClN5S/c1-10-7-11(2)19-14-13(10)15(21-5-3-4-6-21)20-22(14)9-12-8-18-16(17)23-12/h3-8H,9H2,1-2H3. The minimum atomic E-state index is 0.544. The molecule has 0 fully saturated rings. The molecule has 23 heavy (non-hydrogen) atoms. The molecule has 0 amide bonds. The molecule has 0 unspecified atom stereocenters. The summed E-state index contributed by atoms with van der Waals surface area (Å²) >= 11 is 7.40. The van der Waals surface area contributed by atoms with Crippen molar-refractivity contribution >= 4 is 34.0 Å². The Morgan fingerprint density at radius 3 is 2.70 bits per heavy atom. The quantitative estimate of drug-likeness (QED) is 0.565. The molecule has 7 heteroatoms. The van der Waals surface area contributed by atoms with E-state index < -0.39 is 0 Å². The average Bonchev–Trinajstić information content (AvgIpc) is 3.20. The number of nitrogens with zero attached hydrogens (tertiary/aromatic N) is 5. The monoisotopic (exact) mass is 343 g/mol. The van der Waals surface area contributed by atoms with E-state index in [0.29, 0.717) is 11.0 Å². The summed E-state index contributed by atoms with van der Waals surface area (Å²) in [5.74, 6) is 0.894. The van der Waals surface area contributed by atoms with Gasteiger partial charge in [0.1, 0.15) is 0 Å². The SMILES string of the molecule is Cc1cc(C)c2c(-n3cccc3)nn(Cc3cnc(Cl)s3)c2n1. The first kappa shape index (κ1) is 14.4. The molecule has 0 spiro atoms. The van der Waals surface area contributed by atoms with Gasteiger partial charge in [0, 0.05) is 29.2 Å². The smallest absolute Gasteiger partial charge is 0.183 e. The van der Waals surface area contributed by atoms with E-state index in [9.17, 15) is 0 Å². The third-order valence-electron chi connectivity index (χ3n) is 3.69. The van der Waals surface area contributed by atoms with Gasteiger partial charge in [-0.1, -0.05) is 11.6 Å². The molecule has 4 heterocycles. The zero-order chi connectivity index (χ0) is 16.0. The molecule has 0 aromatic carbocycles. The molecule has 0 aliphatic rings. The largest absolute Gasteiger partial charge is 0.307 e. The lowest BCUT2D eigenvalue weighted by atomic mass is 10.2. The van der Waals surface area contributed by atoms with Crippen LogP contribution in [-0.4, -0.2) is 24.3 Å². The van der Waals surface area contributed by atoms with Crippen LogP contribution in [0.1, 0.15) is 16.1 Å². The molecule has 5 nitrogen and oxygen atoms in total. The van der Waals surface area contributed by atoms with Crippen molar-refractivity contribution in [3.8, 4) is 5.82 Å². The van der Waals surface area contributed by atoms with Crippen molar-refractivity contribution in [1.29, 1.82) is 0 Å². The first-order chi connectivity index (χ1) is 11.1. The fourth-order valence-electron chi connectivity index (χ4n) is 2.76. The van der Waals surface area contributed by atoms with Crippen LogP contribution in [0.2, 0.25) is 4.47 Å². The Balaban J connectivity index is 1.93. The van der Waals surface area contributed by atoms with Gasteiger partial charge in [-0.3, -0.25) is 0 Å². The number of rotatable bonds is 3. The fourth-order valence-corrected chi connectivity index (χ4v) is 3.72. The Morgan fingerprint density at radius 1 is 1.22 bits per heavy atom. The van der Waals surface area contributed by atoms with Gasteiger partial charge in [-0.15, -0.1) is 11.3 Å². The molecule has 4 aromatic heterocycles. The maximum atomic E-state index is 5.94. The molecular formula is C16H14ClN5S. The Hall–Kier alpha value is -2.18. The van der Waals surface area contributed by atoms with Crippen LogP contribution in [0.25, 0.3) is 16.9 Å². The second kappa shape index (κ2) is 5.47. The van der Waals surface area contributed by atoms with E-state index in [1.54, 1.807) is 6.20 Å². The van der Waals surface area contributed by atoms with Gasteiger partial charge in [0.15, 0.2) is 15.9 Å². The van der Waals surface area contributed by atoms with E-state index in [1.165, 1.54) is 16.9 Å². The van der Waals surface area contributed by atoms with Crippen molar-refractivity contribution in [1.82, 2.24) is 24.3 Å². The van der Waals surface area contributed by atoms with E-state index in [4.69, 9.17) is 21.7 Å². The van der Waals surface area contributed by atoms with Crippen LogP contribution in [0.4, 0.5) is 0 Å². The van der Waals surface area contributed by atoms with E-state index in [2.05, 4.69) is 18.0 Å². The molecule has 0 aliphatic heterocycles. The third-order valence-corrected chi connectivity index (χ3v) is 4.79. The Kier molecular flexibility index (Phi) is 3.43. The highest BCUT2D eigenvalue weighted by molar-refractivity contribution is 7.15. The molecule has 4 aromatic rings. The number of fused-ring (bicyclic) bond motifs is 1. The van der Waals surface area contributed by atoms with Crippen LogP contribution in [0.15, 0.2) is 36.8 Å². The number of hydrogen-bond acceptors (Lipinski definition) is 4. The average molecular weight is 344 g/mol. The summed E-state index contributed by atoms with van der Waals surface area (Å²) in [5, 5.41) is 5.86. The van der Waals surface area contributed by atoms with Crippen molar-refractivity contribution in [3.05, 3.63) is 57.4 Å². The van der Waals surface area contributed by atoms with Crippen molar-refractivity contribution in [2.24, 2.45) is 0 Å². The van der Waals surface area contributed by atoms with Gasteiger partial charge in [-0.05, 0) is 37.6 Å². The van der Waals surface area contributed by atoms with Crippen molar-refractivity contribution < 1.29 is 0 Å². The van der Waals surface area contributed by atoms with Crippen molar-refractivity contribution in [3.63, 3.8) is 0 Å². The van der Waals surface area contributed by atoms with Gasteiger partial charge < -0.3 is 4.57 Å². The summed E-state index contributed by atoms with van der Waals surface area (Å²) in [6, 6.07) is 6.07. The minimum Gasteiger partial charge on any atom is -0.307 e. The van der Waals surface area contributed by atoms with Crippen LogP contribution in [0.3, 0.4) is 0 Å². The maximum Gasteiger partial charge on any atom is 0.183 e. The highest BCUT2D eigenvalue weighted by Gasteiger charge is 2.16. The lowest BCUT2D eigenvalue weighted by Crippen LogP contribution is -2.02. The molecule has 0 saturated heterocycles. The second-order valence-electron chi connectivity index (χ2n) is 5.43. The van der Waals surface area contributed by atoms with Crippen LogP contribution < -0.4 is 0 Å². The van der Waals surface area contributed by atoms with E-state index in [0.717, 1.165) is 27.4 Å². The first-order valence-corrected chi connectivity index (χ1v) is 8.39. The van der Waals surface area contributed by atoms with E-state index in [-0.39, 0.29) is 0 Å². The number of pyridine rings is 1. The van der Waals surface area contributed by atoms with Crippen LogP contribution in [0, 0.1) is 13.8 Å². The zero-order valence-corrected chi connectivity index (χ0v) is 14.3. The molecule has 0 N–H and O–H groups in total. The van der Waals surface area contributed by atoms with Crippen molar-refractivity contribution in [2.45, 2.75) is 20.4 Å². The Morgan fingerprint density at radius 2 is 2.00 bits per heavy atom. The molecule has 0 saturated carbocycles. The number of thiazole rings is 1. The molecular weight excluding hydrogens is 330 g/mol. The number of hydrogen-bond donors (Lipinski definition) is 0. The van der Waals surface area contributed by atoms with Crippen molar-refractivity contribution in [2.75, 3.05) is 0 Å². The Labute approximate surface area is 142 Å². The fraction of sp³-hybridized carbons (Fsp3) is 0.188. The zero-order valence-electron chi connectivity index (χ0n) is 12.7. The normalized spacial score (nSPS) is 11.4. The molecule has 0 aliphatic carbocycles. The summed E-state index contributed by atoms with van der Waals surface area (Å²) < 4.78 is 4.49. The lowest BCUT2D eigenvalue weighted by molar-refractivity contribution is 0.700. The van der Waals surface area contributed by atoms with Gasteiger partial charge in [0.05, 0.1) is 11.9 Å². The van der Waals surface area contributed by atoms with E-state index in [1.807, 2.05) is 40.7 Å². The minimum absolute atomic E-state index is 0.544. The topological polar surface area (TPSA) is 48.5 Å². The first-order valence-electron chi connectivity index (χ1n) is 7.20. The highest BCUT2D eigenvalue weighted by atomic mass is 35.5. The summed E-state index contributed by atoms with van der Waals surface area (Å²) in [4.78, 5) is 9.87. The maximum absolute atomic E-state index is 5.94. The number of aryl methyl sites for hydroxylation is 2. The summed E-state index contributed by atoms with van der Waals surface area (Å²) in [5.41, 5.74) is 3.04. The third kappa shape index (κ3) is 2.54. The van der Waals surface area contributed by atoms with Crippen LogP contribution >= 0.6 is 22.9 Å². The van der Waals surface area contributed by atoms with Crippen LogP contribution in [0.5, 0.6) is 0 Å². The van der Waals surface area contributed by atoms with Crippen LogP contribution in [-0.2, 0) is 6.54 Å². The van der Waals surface area contributed by atoms with Gasteiger partial charge in [0.25, 0.3) is 0 Å². The van der Waals surface area contributed by atoms with E-state index >= 15 is 0 Å². The summed E-state index contributed by atoms with van der Waals surface area (Å²) in [6.07, 6.45) is 5.78. The molecule has 0 radical (unpaired) electrons. The lowest BCUT2D eigenvalue weighted by Gasteiger charge is -2.03. The predicted molar refractivity (Wildman–Crippen MR) is 92.6 cm³/mol. The second-order valence-corrected chi connectivity index (χ2v) is 7.13. The number of aromatic nitrogens is 5.